The molecule has 15 heavy (non-hydrogen) atoms. The van der Waals surface area contributed by atoms with E-state index < -0.39 is 0 Å². The predicted octanol–water partition coefficient (Wildman–Crippen LogP) is 1.12. The van der Waals surface area contributed by atoms with E-state index in [-0.39, 0.29) is 12.0 Å². The van der Waals surface area contributed by atoms with Crippen molar-refractivity contribution in [3.8, 4) is 0 Å². The van der Waals surface area contributed by atoms with Gasteiger partial charge in [-0.3, -0.25) is 0 Å². The van der Waals surface area contributed by atoms with E-state index in [1.165, 1.54) is 25.8 Å². The molecule has 1 aliphatic heterocycles. The van der Waals surface area contributed by atoms with Crippen LogP contribution in [0.2, 0.25) is 0 Å². The second-order valence-corrected chi connectivity index (χ2v) is 5.45. The lowest BCUT2D eigenvalue weighted by Crippen LogP contribution is -2.41. The minimum Gasteiger partial charge on any atom is -0.396 e. The largest absolute Gasteiger partial charge is 0.396 e. The Morgan fingerprint density at radius 1 is 1.47 bits per heavy atom. The van der Waals surface area contributed by atoms with Crippen molar-refractivity contribution < 1.29 is 9.84 Å². The molecule has 1 saturated heterocycles. The van der Waals surface area contributed by atoms with Gasteiger partial charge in [0.2, 0.25) is 0 Å². The monoisotopic (exact) mass is 213 g/mol. The number of rotatable bonds is 5. The van der Waals surface area contributed by atoms with Gasteiger partial charge in [0.25, 0.3) is 0 Å². The van der Waals surface area contributed by atoms with Gasteiger partial charge in [-0.2, -0.15) is 0 Å². The van der Waals surface area contributed by atoms with Crippen LogP contribution >= 0.6 is 0 Å². The number of hydrogen-bond acceptors (Lipinski definition) is 3. The van der Waals surface area contributed by atoms with Crippen molar-refractivity contribution >= 4 is 0 Å². The quantitative estimate of drug-likeness (QED) is 0.743. The van der Waals surface area contributed by atoms with Crippen molar-refractivity contribution in [3.63, 3.8) is 0 Å². The summed E-state index contributed by atoms with van der Waals surface area (Å²) >= 11 is 0. The summed E-state index contributed by atoms with van der Waals surface area (Å²) < 4.78 is 5.41. The van der Waals surface area contributed by atoms with Crippen LogP contribution in [0.25, 0.3) is 0 Å². The molecule has 1 unspecified atom stereocenters. The van der Waals surface area contributed by atoms with E-state index in [1.807, 2.05) is 0 Å². The fourth-order valence-corrected chi connectivity index (χ4v) is 2.70. The van der Waals surface area contributed by atoms with Crippen LogP contribution in [-0.4, -0.2) is 50.0 Å². The van der Waals surface area contributed by atoms with Gasteiger partial charge in [0.1, 0.15) is 0 Å². The summed E-state index contributed by atoms with van der Waals surface area (Å²) in [7, 11) is 2.17. The van der Waals surface area contributed by atoms with Crippen LogP contribution in [0.4, 0.5) is 0 Å². The molecule has 0 bridgehead atoms. The summed E-state index contributed by atoms with van der Waals surface area (Å²) in [6.07, 6.45) is 5.21. The topological polar surface area (TPSA) is 32.7 Å². The Labute approximate surface area is 92.4 Å². The number of ether oxygens (including phenoxy) is 1. The molecule has 3 nitrogen and oxygen atoms in total. The zero-order chi connectivity index (χ0) is 10.7. The first kappa shape index (κ1) is 11.4. The van der Waals surface area contributed by atoms with E-state index >= 15 is 0 Å². The first-order valence-corrected chi connectivity index (χ1v) is 6.11. The van der Waals surface area contributed by atoms with Gasteiger partial charge in [0.15, 0.2) is 0 Å². The van der Waals surface area contributed by atoms with E-state index in [9.17, 15) is 5.11 Å². The van der Waals surface area contributed by atoms with Crippen molar-refractivity contribution in [2.24, 2.45) is 11.3 Å². The van der Waals surface area contributed by atoms with Gasteiger partial charge in [0.05, 0.1) is 13.2 Å². The highest BCUT2D eigenvalue weighted by molar-refractivity contribution is 4.86. The SMILES string of the molecule is CN(CC1CCC1)CC1(CO)CCOC1. The third kappa shape index (κ3) is 2.71. The van der Waals surface area contributed by atoms with Crippen LogP contribution in [0.15, 0.2) is 0 Å². The first-order valence-electron chi connectivity index (χ1n) is 6.11. The van der Waals surface area contributed by atoms with Crippen LogP contribution < -0.4 is 0 Å². The molecule has 1 aliphatic carbocycles. The fourth-order valence-electron chi connectivity index (χ4n) is 2.70. The zero-order valence-corrected chi connectivity index (χ0v) is 9.74. The van der Waals surface area contributed by atoms with Crippen LogP contribution in [0.3, 0.4) is 0 Å². The molecule has 0 spiro atoms. The Morgan fingerprint density at radius 2 is 2.27 bits per heavy atom. The standard InChI is InChI=1S/C12H23NO2/c1-13(7-11-3-2-4-11)8-12(9-14)5-6-15-10-12/h11,14H,2-10H2,1H3. The summed E-state index contributed by atoms with van der Waals surface area (Å²) in [5.41, 5.74) is 0.0263. The molecule has 0 aromatic carbocycles. The summed E-state index contributed by atoms with van der Waals surface area (Å²) in [6, 6.07) is 0. The second-order valence-electron chi connectivity index (χ2n) is 5.45. The zero-order valence-electron chi connectivity index (χ0n) is 9.74. The first-order chi connectivity index (χ1) is 7.24. The molecule has 0 aromatic rings. The molecule has 0 aromatic heterocycles. The second kappa shape index (κ2) is 4.81. The van der Waals surface area contributed by atoms with Gasteiger partial charge in [-0.1, -0.05) is 6.42 Å². The summed E-state index contributed by atoms with van der Waals surface area (Å²) in [6.45, 7) is 4.00. The van der Waals surface area contributed by atoms with Crippen LogP contribution in [-0.2, 0) is 4.74 Å². The van der Waals surface area contributed by atoms with Crippen LogP contribution in [0.5, 0.6) is 0 Å². The smallest absolute Gasteiger partial charge is 0.0557 e. The number of aliphatic hydroxyl groups is 1. The summed E-state index contributed by atoms with van der Waals surface area (Å²) in [5, 5.41) is 9.46. The molecule has 2 fully saturated rings. The van der Waals surface area contributed by atoms with Gasteiger partial charge in [-0.05, 0) is 32.2 Å². The van der Waals surface area contributed by atoms with E-state index in [0.717, 1.165) is 32.1 Å². The summed E-state index contributed by atoms with van der Waals surface area (Å²) in [4.78, 5) is 2.38. The van der Waals surface area contributed by atoms with Crippen LogP contribution in [0, 0.1) is 11.3 Å². The van der Waals surface area contributed by atoms with Gasteiger partial charge in [0, 0.05) is 25.1 Å². The minimum atomic E-state index is 0.0263. The van der Waals surface area contributed by atoms with Gasteiger partial charge in [-0.15, -0.1) is 0 Å². The minimum absolute atomic E-state index is 0.0263. The average Bonchev–Trinajstić information content (AvgIpc) is 2.61. The maximum absolute atomic E-state index is 9.46. The van der Waals surface area contributed by atoms with Crippen LogP contribution in [0.1, 0.15) is 25.7 Å². The van der Waals surface area contributed by atoms with Crippen molar-refractivity contribution in [1.29, 1.82) is 0 Å². The third-order valence-electron chi connectivity index (χ3n) is 3.92. The lowest BCUT2D eigenvalue weighted by atomic mass is 9.83. The Balaban J connectivity index is 1.77. The molecule has 3 heteroatoms. The number of aliphatic hydroxyl groups excluding tert-OH is 1. The molecule has 1 atom stereocenters. The Morgan fingerprint density at radius 3 is 2.73 bits per heavy atom. The molecule has 1 N–H and O–H groups in total. The normalized spacial score (nSPS) is 32.2. The van der Waals surface area contributed by atoms with Gasteiger partial charge < -0.3 is 14.7 Å². The van der Waals surface area contributed by atoms with E-state index in [2.05, 4.69) is 11.9 Å². The lowest BCUT2D eigenvalue weighted by molar-refractivity contribution is 0.0554. The Hall–Kier alpha value is -0.120. The molecular formula is C12H23NO2. The van der Waals surface area contributed by atoms with E-state index in [4.69, 9.17) is 4.74 Å². The highest BCUT2D eigenvalue weighted by Crippen LogP contribution is 2.31. The average molecular weight is 213 g/mol. The Kier molecular flexibility index (Phi) is 3.65. The molecule has 88 valence electrons. The van der Waals surface area contributed by atoms with E-state index in [1.54, 1.807) is 0 Å². The fraction of sp³-hybridized carbons (Fsp3) is 1.00. The van der Waals surface area contributed by atoms with Crippen molar-refractivity contribution in [3.05, 3.63) is 0 Å². The van der Waals surface area contributed by atoms with Crippen molar-refractivity contribution in [2.75, 3.05) is 40.0 Å². The highest BCUT2D eigenvalue weighted by atomic mass is 16.5. The molecule has 0 radical (unpaired) electrons. The summed E-state index contributed by atoms with van der Waals surface area (Å²) in [5.74, 6) is 0.910. The van der Waals surface area contributed by atoms with Crippen molar-refractivity contribution in [2.45, 2.75) is 25.7 Å². The molecule has 1 saturated carbocycles. The van der Waals surface area contributed by atoms with Crippen molar-refractivity contribution in [1.82, 2.24) is 4.90 Å². The van der Waals surface area contributed by atoms with E-state index in [0.29, 0.717) is 0 Å². The molecule has 2 rings (SSSR count). The maximum atomic E-state index is 9.46. The maximum Gasteiger partial charge on any atom is 0.0557 e. The number of hydrogen-bond donors (Lipinski definition) is 1. The lowest BCUT2D eigenvalue weighted by Gasteiger charge is -2.35. The molecule has 2 aliphatic rings. The molecular weight excluding hydrogens is 190 g/mol. The Bertz CT molecular complexity index is 198. The van der Waals surface area contributed by atoms with Gasteiger partial charge in [-0.25, -0.2) is 0 Å². The number of nitrogens with zero attached hydrogens (tertiary/aromatic N) is 1. The predicted molar refractivity (Wildman–Crippen MR) is 59.8 cm³/mol. The van der Waals surface area contributed by atoms with Gasteiger partial charge >= 0.3 is 0 Å². The third-order valence-corrected chi connectivity index (χ3v) is 3.92. The molecule has 0 amide bonds. The molecule has 1 heterocycles. The highest BCUT2D eigenvalue weighted by Gasteiger charge is 2.35.